The maximum Gasteiger partial charge on any atom is 0.412 e. The molecule has 5 heteroatoms. The van der Waals surface area contributed by atoms with Gasteiger partial charge >= 0.3 is 6.09 Å². The number of aldehydes is 1. The van der Waals surface area contributed by atoms with Crippen LogP contribution in [0.25, 0.3) is 0 Å². The van der Waals surface area contributed by atoms with Crippen molar-refractivity contribution in [3.8, 4) is 5.75 Å². The molecule has 0 aromatic heterocycles. The predicted octanol–water partition coefficient (Wildman–Crippen LogP) is 2.55. The first-order valence-electron chi connectivity index (χ1n) is 5.10. The fraction of sp³-hybridized carbons (Fsp3) is 0.333. The highest BCUT2D eigenvalue weighted by molar-refractivity contribution is 5.95. The lowest BCUT2D eigenvalue weighted by atomic mass is 10.2. The van der Waals surface area contributed by atoms with Gasteiger partial charge in [-0.2, -0.15) is 0 Å². The van der Waals surface area contributed by atoms with E-state index in [2.05, 4.69) is 5.32 Å². The lowest BCUT2D eigenvalue weighted by molar-refractivity contribution is 0.0636. The molecule has 0 bridgehead atoms. The Morgan fingerprint density at radius 1 is 1.41 bits per heavy atom. The highest BCUT2D eigenvalue weighted by Gasteiger charge is 2.17. The number of carbonyl (C=O) groups is 2. The van der Waals surface area contributed by atoms with E-state index in [1.807, 2.05) is 0 Å². The second-order valence-corrected chi connectivity index (χ2v) is 4.48. The maximum absolute atomic E-state index is 11.5. The van der Waals surface area contributed by atoms with Crippen LogP contribution in [-0.4, -0.2) is 23.1 Å². The minimum Gasteiger partial charge on any atom is -0.507 e. The second-order valence-electron chi connectivity index (χ2n) is 4.48. The molecule has 5 nitrogen and oxygen atoms in total. The summed E-state index contributed by atoms with van der Waals surface area (Å²) in [6.45, 7) is 5.20. The van der Waals surface area contributed by atoms with Gasteiger partial charge in [-0.3, -0.25) is 10.1 Å². The summed E-state index contributed by atoms with van der Waals surface area (Å²) in [5.74, 6) is -0.187. The maximum atomic E-state index is 11.5. The van der Waals surface area contributed by atoms with Crippen molar-refractivity contribution < 1.29 is 19.4 Å². The van der Waals surface area contributed by atoms with Crippen LogP contribution in [-0.2, 0) is 4.74 Å². The topological polar surface area (TPSA) is 75.6 Å². The number of benzene rings is 1. The van der Waals surface area contributed by atoms with Gasteiger partial charge in [0.25, 0.3) is 0 Å². The summed E-state index contributed by atoms with van der Waals surface area (Å²) in [5.41, 5.74) is -0.380. The number of aromatic hydroxyl groups is 1. The number of amides is 1. The zero-order chi connectivity index (χ0) is 13.1. The third kappa shape index (κ3) is 3.79. The Kier molecular flexibility index (Phi) is 3.73. The molecule has 2 N–H and O–H groups in total. The summed E-state index contributed by atoms with van der Waals surface area (Å²) < 4.78 is 5.03. The molecule has 0 aliphatic rings. The van der Waals surface area contributed by atoms with Gasteiger partial charge in [-0.25, -0.2) is 4.79 Å². The SMILES string of the molecule is CC(C)(C)OC(=O)Nc1cccc(O)c1C=O. The fourth-order valence-electron chi connectivity index (χ4n) is 1.20. The Labute approximate surface area is 99.4 Å². The molecule has 0 unspecified atom stereocenters. The highest BCUT2D eigenvalue weighted by atomic mass is 16.6. The molecule has 1 aromatic rings. The van der Waals surface area contributed by atoms with E-state index in [0.717, 1.165) is 0 Å². The van der Waals surface area contributed by atoms with Gasteiger partial charge in [0.1, 0.15) is 11.4 Å². The van der Waals surface area contributed by atoms with E-state index < -0.39 is 11.7 Å². The first-order valence-corrected chi connectivity index (χ1v) is 5.10. The average Bonchev–Trinajstić information content (AvgIpc) is 2.14. The van der Waals surface area contributed by atoms with E-state index in [-0.39, 0.29) is 17.0 Å². The number of phenolic OH excluding ortho intramolecular Hbond substituents is 1. The van der Waals surface area contributed by atoms with E-state index in [1.165, 1.54) is 18.2 Å². The number of hydrogen-bond donors (Lipinski definition) is 2. The summed E-state index contributed by atoms with van der Waals surface area (Å²) in [4.78, 5) is 22.2. The lowest BCUT2D eigenvalue weighted by Crippen LogP contribution is -2.27. The number of hydrogen-bond acceptors (Lipinski definition) is 4. The molecule has 0 aliphatic heterocycles. The van der Waals surface area contributed by atoms with Crippen molar-refractivity contribution in [1.82, 2.24) is 0 Å². The first-order chi connectivity index (χ1) is 7.83. The van der Waals surface area contributed by atoms with Gasteiger partial charge in [0, 0.05) is 0 Å². The molecule has 92 valence electrons. The molecule has 17 heavy (non-hydrogen) atoms. The molecule has 1 amide bonds. The first kappa shape index (κ1) is 13.0. The van der Waals surface area contributed by atoms with E-state index in [0.29, 0.717) is 6.29 Å². The average molecular weight is 237 g/mol. The highest BCUT2D eigenvalue weighted by Crippen LogP contribution is 2.23. The van der Waals surface area contributed by atoms with Crippen LogP contribution in [0, 0.1) is 0 Å². The summed E-state index contributed by atoms with van der Waals surface area (Å²) in [6, 6.07) is 4.40. The molecule has 0 spiro atoms. The molecule has 0 heterocycles. The number of nitrogens with one attached hydrogen (secondary N) is 1. The van der Waals surface area contributed by atoms with Crippen molar-refractivity contribution in [2.75, 3.05) is 5.32 Å². The lowest BCUT2D eigenvalue weighted by Gasteiger charge is -2.20. The Bertz CT molecular complexity index is 435. The van der Waals surface area contributed by atoms with Crippen LogP contribution >= 0.6 is 0 Å². The number of anilines is 1. The van der Waals surface area contributed by atoms with Gasteiger partial charge in [0.15, 0.2) is 6.29 Å². The van der Waals surface area contributed by atoms with E-state index in [1.54, 1.807) is 20.8 Å². The smallest absolute Gasteiger partial charge is 0.412 e. The van der Waals surface area contributed by atoms with Gasteiger partial charge < -0.3 is 9.84 Å². The van der Waals surface area contributed by atoms with Crippen LogP contribution in [0.2, 0.25) is 0 Å². The van der Waals surface area contributed by atoms with Crippen LogP contribution in [0.1, 0.15) is 31.1 Å². The molecule has 0 aliphatic carbocycles. The van der Waals surface area contributed by atoms with Crippen molar-refractivity contribution in [2.24, 2.45) is 0 Å². The third-order valence-electron chi connectivity index (χ3n) is 1.84. The van der Waals surface area contributed by atoms with E-state index in [9.17, 15) is 14.7 Å². The second kappa shape index (κ2) is 4.86. The summed E-state index contributed by atoms with van der Waals surface area (Å²) >= 11 is 0. The minimum atomic E-state index is -0.675. The van der Waals surface area contributed by atoms with Gasteiger partial charge in [-0.15, -0.1) is 0 Å². The van der Waals surface area contributed by atoms with Gasteiger partial charge in [0.2, 0.25) is 0 Å². The van der Waals surface area contributed by atoms with E-state index >= 15 is 0 Å². The van der Waals surface area contributed by atoms with Gasteiger partial charge in [-0.05, 0) is 32.9 Å². The molecule has 0 fully saturated rings. The molecule has 0 atom stereocenters. The largest absolute Gasteiger partial charge is 0.507 e. The molecule has 0 radical (unpaired) electrons. The minimum absolute atomic E-state index is 0.0263. The molecule has 1 aromatic carbocycles. The van der Waals surface area contributed by atoms with Crippen molar-refractivity contribution in [3.05, 3.63) is 23.8 Å². The quantitative estimate of drug-likeness (QED) is 0.775. The molecular formula is C12H15NO4. The molecule has 0 saturated heterocycles. The third-order valence-corrected chi connectivity index (χ3v) is 1.84. The summed E-state index contributed by atoms with van der Waals surface area (Å²) in [6.07, 6.45) is -0.201. The van der Waals surface area contributed by atoms with Gasteiger partial charge in [0.05, 0.1) is 11.3 Å². The van der Waals surface area contributed by atoms with Crippen molar-refractivity contribution in [2.45, 2.75) is 26.4 Å². The molecule has 0 saturated carbocycles. The number of rotatable bonds is 2. The summed E-state index contributed by atoms with van der Waals surface area (Å²) in [7, 11) is 0. The number of ether oxygens (including phenoxy) is 1. The Hall–Kier alpha value is -2.04. The van der Waals surface area contributed by atoms with Crippen molar-refractivity contribution in [3.63, 3.8) is 0 Å². The van der Waals surface area contributed by atoms with Crippen molar-refractivity contribution in [1.29, 1.82) is 0 Å². The van der Waals surface area contributed by atoms with Gasteiger partial charge in [-0.1, -0.05) is 6.07 Å². The van der Waals surface area contributed by atoms with Crippen LogP contribution in [0.4, 0.5) is 10.5 Å². The summed E-state index contributed by atoms with van der Waals surface area (Å²) in [5, 5.41) is 11.8. The van der Waals surface area contributed by atoms with Crippen LogP contribution < -0.4 is 5.32 Å². The van der Waals surface area contributed by atoms with Crippen LogP contribution in [0.15, 0.2) is 18.2 Å². The number of carbonyl (C=O) groups excluding carboxylic acids is 2. The Morgan fingerprint density at radius 3 is 2.59 bits per heavy atom. The monoisotopic (exact) mass is 237 g/mol. The molecular weight excluding hydrogens is 222 g/mol. The van der Waals surface area contributed by atoms with Crippen LogP contribution in [0.5, 0.6) is 5.75 Å². The molecule has 1 rings (SSSR count). The Morgan fingerprint density at radius 2 is 2.06 bits per heavy atom. The zero-order valence-electron chi connectivity index (χ0n) is 9.98. The predicted molar refractivity (Wildman–Crippen MR) is 63.4 cm³/mol. The van der Waals surface area contributed by atoms with Crippen LogP contribution in [0.3, 0.4) is 0 Å². The fourth-order valence-corrected chi connectivity index (χ4v) is 1.20. The zero-order valence-corrected chi connectivity index (χ0v) is 9.98. The Balaban J connectivity index is 2.85. The van der Waals surface area contributed by atoms with E-state index in [4.69, 9.17) is 4.74 Å². The van der Waals surface area contributed by atoms with Crippen molar-refractivity contribution >= 4 is 18.1 Å². The number of phenols is 1. The normalized spacial score (nSPS) is 10.8. The standard InChI is InChI=1S/C12H15NO4/c1-12(2,3)17-11(16)13-9-5-4-6-10(15)8(9)7-14/h4-7,15H,1-3H3,(H,13,16).